The number of hydrogen-bond donors (Lipinski definition) is 0. The highest BCUT2D eigenvalue weighted by Crippen LogP contribution is 2.37. The van der Waals surface area contributed by atoms with Gasteiger partial charge in [0, 0.05) is 18.0 Å². The molecule has 1 aromatic carbocycles. The van der Waals surface area contributed by atoms with E-state index in [1.54, 1.807) is 29.8 Å². The number of fused-ring (bicyclic) bond motifs is 1. The average Bonchev–Trinajstić information content (AvgIpc) is 3.11. The molecule has 4 nitrogen and oxygen atoms in total. The Kier molecular flexibility index (Phi) is 5.41. The normalized spacial score (nSPS) is 17.4. The highest BCUT2D eigenvalue weighted by atomic mass is 32.2. The lowest BCUT2D eigenvalue weighted by atomic mass is 10.0. The summed E-state index contributed by atoms with van der Waals surface area (Å²) in [4.78, 5) is 24.3. The Morgan fingerprint density at radius 1 is 1.33 bits per heavy atom. The molecule has 0 spiro atoms. The van der Waals surface area contributed by atoms with Gasteiger partial charge in [0.1, 0.15) is 17.2 Å². The monoisotopic (exact) mass is 401 g/mol. The Morgan fingerprint density at radius 3 is 2.93 bits per heavy atom. The van der Waals surface area contributed by atoms with Crippen molar-refractivity contribution in [1.29, 1.82) is 0 Å². The standard InChI is InChI=1S/C20H20FN3OS2/c1-13-3-2-8-24(10-13)18(25)11-26-20-19-16(22-12-23-20)9-17(27-19)14-4-6-15(21)7-5-14/h4-7,9,12-13H,2-3,8,10-11H2,1H3. The highest BCUT2D eigenvalue weighted by molar-refractivity contribution is 8.00. The number of thioether (sulfide) groups is 1. The summed E-state index contributed by atoms with van der Waals surface area (Å²) in [5, 5.41) is 0.830. The lowest BCUT2D eigenvalue weighted by molar-refractivity contribution is -0.130. The number of carbonyl (C=O) groups is 1. The summed E-state index contributed by atoms with van der Waals surface area (Å²) in [5.41, 5.74) is 1.81. The third kappa shape index (κ3) is 4.14. The van der Waals surface area contributed by atoms with Gasteiger partial charge in [-0.25, -0.2) is 14.4 Å². The van der Waals surface area contributed by atoms with Crippen LogP contribution in [0.1, 0.15) is 19.8 Å². The van der Waals surface area contributed by atoms with Crippen LogP contribution in [0.2, 0.25) is 0 Å². The van der Waals surface area contributed by atoms with E-state index in [9.17, 15) is 9.18 Å². The quantitative estimate of drug-likeness (QED) is 0.463. The summed E-state index contributed by atoms with van der Waals surface area (Å²) in [5.74, 6) is 0.895. The van der Waals surface area contributed by atoms with Crippen LogP contribution in [0.15, 0.2) is 41.7 Å². The molecule has 1 unspecified atom stereocenters. The summed E-state index contributed by atoms with van der Waals surface area (Å²) in [7, 11) is 0. The van der Waals surface area contributed by atoms with Gasteiger partial charge in [0.2, 0.25) is 5.91 Å². The van der Waals surface area contributed by atoms with Crippen LogP contribution in [-0.4, -0.2) is 39.6 Å². The Bertz CT molecular complexity index is 958. The van der Waals surface area contributed by atoms with Gasteiger partial charge in [-0.05, 0) is 42.5 Å². The highest BCUT2D eigenvalue weighted by Gasteiger charge is 2.21. The summed E-state index contributed by atoms with van der Waals surface area (Å²) >= 11 is 3.05. The van der Waals surface area contributed by atoms with Crippen LogP contribution in [0.5, 0.6) is 0 Å². The fourth-order valence-corrected chi connectivity index (χ4v) is 5.43. The second kappa shape index (κ2) is 7.94. The second-order valence-corrected chi connectivity index (χ2v) is 8.90. The maximum Gasteiger partial charge on any atom is 0.232 e. The molecule has 3 aromatic rings. The Balaban J connectivity index is 1.52. The maximum atomic E-state index is 13.2. The molecule has 0 N–H and O–H groups in total. The fraction of sp³-hybridized carbons (Fsp3) is 0.350. The first-order valence-electron chi connectivity index (χ1n) is 9.01. The van der Waals surface area contributed by atoms with E-state index in [4.69, 9.17) is 0 Å². The van der Waals surface area contributed by atoms with E-state index in [1.807, 2.05) is 11.0 Å². The minimum absolute atomic E-state index is 0.175. The zero-order chi connectivity index (χ0) is 18.8. The van der Waals surface area contributed by atoms with Crippen molar-refractivity contribution in [2.75, 3.05) is 18.8 Å². The van der Waals surface area contributed by atoms with Crippen molar-refractivity contribution in [1.82, 2.24) is 14.9 Å². The SMILES string of the molecule is CC1CCCN(C(=O)CSc2ncnc3cc(-c4ccc(F)cc4)sc23)C1. The van der Waals surface area contributed by atoms with Crippen LogP contribution in [0, 0.1) is 11.7 Å². The molecule has 1 aliphatic rings. The number of thiophene rings is 1. The molecule has 2 aromatic heterocycles. The van der Waals surface area contributed by atoms with Crippen molar-refractivity contribution < 1.29 is 9.18 Å². The zero-order valence-electron chi connectivity index (χ0n) is 15.0. The molecule has 1 aliphatic heterocycles. The van der Waals surface area contributed by atoms with Crippen LogP contribution in [0.25, 0.3) is 20.7 Å². The summed E-state index contributed by atoms with van der Waals surface area (Å²) in [6.07, 6.45) is 3.82. The van der Waals surface area contributed by atoms with Gasteiger partial charge in [-0.3, -0.25) is 4.79 Å². The molecule has 0 bridgehead atoms. The van der Waals surface area contributed by atoms with Gasteiger partial charge >= 0.3 is 0 Å². The van der Waals surface area contributed by atoms with Crippen LogP contribution < -0.4 is 0 Å². The van der Waals surface area contributed by atoms with E-state index in [2.05, 4.69) is 16.9 Å². The first kappa shape index (κ1) is 18.4. The first-order valence-corrected chi connectivity index (χ1v) is 10.8. The largest absolute Gasteiger partial charge is 0.342 e. The van der Waals surface area contributed by atoms with E-state index in [0.29, 0.717) is 11.7 Å². The summed E-state index contributed by atoms with van der Waals surface area (Å²) in [6, 6.07) is 8.44. The van der Waals surface area contributed by atoms with Crippen molar-refractivity contribution in [3.63, 3.8) is 0 Å². The Labute approximate surface area is 165 Å². The minimum atomic E-state index is -0.249. The van der Waals surface area contributed by atoms with Crippen LogP contribution in [0.3, 0.4) is 0 Å². The third-order valence-corrected chi connectivity index (χ3v) is 7.03. The van der Waals surface area contributed by atoms with Gasteiger partial charge in [0.15, 0.2) is 0 Å². The van der Waals surface area contributed by atoms with Gasteiger partial charge in [-0.2, -0.15) is 0 Å². The van der Waals surface area contributed by atoms with E-state index in [1.165, 1.54) is 30.3 Å². The van der Waals surface area contributed by atoms with Crippen molar-refractivity contribution in [2.45, 2.75) is 24.8 Å². The molecule has 1 amide bonds. The molecule has 0 radical (unpaired) electrons. The molecular formula is C20H20FN3OS2. The molecule has 1 fully saturated rings. The van der Waals surface area contributed by atoms with Crippen LogP contribution in [-0.2, 0) is 4.79 Å². The van der Waals surface area contributed by atoms with Crippen molar-refractivity contribution in [2.24, 2.45) is 5.92 Å². The Morgan fingerprint density at radius 2 is 2.15 bits per heavy atom. The number of nitrogens with zero attached hydrogens (tertiary/aromatic N) is 3. The number of piperidine rings is 1. The number of aromatic nitrogens is 2. The molecular weight excluding hydrogens is 381 g/mol. The van der Waals surface area contributed by atoms with Gasteiger partial charge in [0.25, 0.3) is 0 Å². The molecule has 4 rings (SSSR count). The van der Waals surface area contributed by atoms with E-state index in [-0.39, 0.29) is 11.7 Å². The second-order valence-electron chi connectivity index (χ2n) is 6.89. The summed E-state index contributed by atoms with van der Waals surface area (Å²) in [6.45, 7) is 3.91. The zero-order valence-corrected chi connectivity index (χ0v) is 16.7. The number of rotatable bonds is 4. The molecule has 1 saturated heterocycles. The predicted molar refractivity (Wildman–Crippen MR) is 109 cm³/mol. The molecule has 7 heteroatoms. The fourth-order valence-electron chi connectivity index (χ4n) is 3.33. The van der Waals surface area contributed by atoms with E-state index < -0.39 is 0 Å². The predicted octanol–water partition coefficient (Wildman–Crippen LogP) is 4.85. The van der Waals surface area contributed by atoms with E-state index >= 15 is 0 Å². The molecule has 0 aliphatic carbocycles. The Hall–Kier alpha value is -1.99. The number of carbonyl (C=O) groups excluding carboxylic acids is 1. The third-order valence-electron chi connectivity index (χ3n) is 4.75. The number of halogens is 1. The van der Waals surface area contributed by atoms with Crippen molar-refractivity contribution in [3.05, 3.63) is 42.5 Å². The molecule has 3 heterocycles. The average molecular weight is 402 g/mol. The number of amides is 1. The van der Waals surface area contributed by atoms with Gasteiger partial charge in [0.05, 0.1) is 16.0 Å². The molecule has 0 saturated carbocycles. The maximum absolute atomic E-state index is 13.2. The number of hydrogen-bond acceptors (Lipinski definition) is 5. The van der Waals surface area contributed by atoms with Gasteiger partial charge in [-0.15, -0.1) is 11.3 Å². The smallest absolute Gasteiger partial charge is 0.232 e. The van der Waals surface area contributed by atoms with Crippen molar-refractivity contribution >= 4 is 39.2 Å². The molecule has 1 atom stereocenters. The van der Waals surface area contributed by atoms with E-state index in [0.717, 1.165) is 45.2 Å². The van der Waals surface area contributed by atoms with Crippen LogP contribution >= 0.6 is 23.1 Å². The molecule has 140 valence electrons. The lowest BCUT2D eigenvalue weighted by Gasteiger charge is -2.30. The molecule has 27 heavy (non-hydrogen) atoms. The first-order chi connectivity index (χ1) is 13.1. The van der Waals surface area contributed by atoms with Crippen molar-refractivity contribution in [3.8, 4) is 10.4 Å². The van der Waals surface area contributed by atoms with Gasteiger partial charge in [-0.1, -0.05) is 30.8 Å². The lowest BCUT2D eigenvalue weighted by Crippen LogP contribution is -2.40. The minimum Gasteiger partial charge on any atom is -0.342 e. The summed E-state index contributed by atoms with van der Waals surface area (Å²) < 4.78 is 14.1. The van der Waals surface area contributed by atoms with Crippen LogP contribution in [0.4, 0.5) is 4.39 Å². The topological polar surface area (TPSA) is 46.1 Å². The number of likely N-dealkylation sites (tertiary alicyclic amines) is 1. The number of benzene rings is 1. The van der Waals surface area contributed by atoms with Gasteiger partial charge < -0.3 is 4.90 Å².